The average Bonchev–Trinajstić information content (AvgIpc) is 2.25. The van der Waals surface area contributed by atoms with E-state index in [1.165, 1.54) is 0 Å². The van der Waals surface area contributed by atoms with Crippen LogP contribution in [0.5, 0.6) is 0 Å². The van der Waals surface area contributed by atoms with Crippen LogP contribution >= 0.6 is 15.9 Å². The summed E-state index contributed by atoms with van der Waals surface area (Å²) < 4.78 is 11.8. The molecule has 0 aromatic carbocycles. The van der Waals surface area contributed by atoms with E-state index in [9.17, 15) is 4.21 Å². The van der Waals surface area contributed by atoms with Crippen LogP contribution < -0.4 is 5.32 Å². The molecule has 6 heteroatoms. The zero-order chi connectivity index (χ0) is 12.8. The van der Waals surface area contributed by atoms with Gasteiger partial charge in [-0.25, -0.2) is 9.97 Å². The van der Waals surface area contributed by atoms with Crippen molar-refractivity contribution in [3.63, 3.8) is 0 Å². The molecule has 96 valence electrons. The molecule has 0 saturated heterocycles. The van der Waals surface area contributed by atoms with Gasteiger partial charge in [0.1, 0.15) is 16.2 Å². The monoisotopic (exact) mass is 319 g/mol. The smallest absolute Gasteiger partial charge is 0.131 e. The Morgan fingerprint density at radius 3 is 2.82 bits per heavy atom. The Kier molecular flexibility index (Phi) is 6.05. The van der Waals surface area contributed by atoms with Gasteiger partial charge in [-0.2, -0.15) is 0 Å². The SMILES string of the molecule is CCc1nc(Br)cc(NC(C)CCS(C)=O)n1. The van der Waals surface area contributed by atoms with E-state index >= 15 is 0 Å². The van der Waals surface area contributed by atoms with Crippen molar-refractivity contribution in [1.82, 2.24) is 9.97 Å². The first-order valence-electron chi connectivity index (χ1n) is 5.61. The van der Waals surface area contributed by atoms with Gasteiger partial charge in [0.05, 0.1) is 0 Å². The van der Waals surface area contributed by atoms with Crippen LogP contribution in [-0.2, 0) is 17.2 Å². The molecule has 0 aliphatic carbocycles. The Balaban J connectivity index is 2.61. The fraction of sp³-hybridized carbons (Fsp3) is 0.636. The van der Waals surface area contributed by atoms with E-state index < -0.39 is 10.8 Å². The van der Waals surface area contributed by atoms with Gasteiger partial charge in [0.25, 0.3) is 0 Å². The highest BCUT2D eigenvalue weighted by Crippen LogP contribution is 2.14. The molecular formula is C11H18BrN3OS. The summed E-state index contributed by atoms with van der Waals surface area (Å²) in [5, 5.41) is 3.30. The minimum atomic E-state index is -0.737. The van der Waals surface area contributed by atoms with E-state index in [1.807, 2.05) is 13.0 Å². The lowest BCUT2D eigenvalue weighted by molar-refractivity contribution is 0.678. The number of hydrogen-bond acceptors (Lipinski definition) is 4. The third-order valence-corrected chi connectivity index (χ3v) is 3.51. The minimum Gasteiger partial charge on any atom is -0.367 e. The second kappa shape index (κ2) is 7.06. The summed E-state index contributed by atoms with van der Waals surface area (Å²) >= 11 is 3.37. The number of anilines is 1. The van der Waals surface area contributed by atoms with Crippen LogP contribution in [0.3, 0.4) is 0 Å². The van der Waals surface area contributed by atoms with Gasteiger partial charge in [0.15, 0.2) is 0 Å². The molecule has 0 amide bonds. The number of rotatable bonds is 6. The van der Waals surface area contributed by atoms with E-state index in [0.29, 0.717) is 5.75 Å². The highest BCUT2D eigenvalue weighted by Gasteiger charge is 2.06. The molecule has 0 saturated carbocycles. The normalized spacial score (nSPS) is 14.4. The lowest BCUT2D eigenvalue weighted by Crippen LogP contribution is -2.19. The van der Waals surface area contributed by atoms with Crippen LogP contribution in [-0.4, -0.2) is 32.2 Å². The van der Waals surface area contributed by atoms with Gasteiger partial charge in [-0.1, -0.05) is 6.92 Å². The van der Waals surface area contributed by atoms with Crippen molar-refractivity contribution in [3.05, 3.63) is 16.5 Å². The molecule has 2 unspecified atom stereocenters. The number of nitrogens with zero attached hydrogens (tertiary/aromatic N) is 2. The van der Waals surface area contributed by atoms with Crippen LogP contribution in [0.4, 0.5) is 5.82 Å². The maximum Gasteiger partial charge on any atom is 0.131 e. The fourth-order valence-electron chi connectivity index (χ4n) is 1.36. The average molecular weight is 320 g/mol. The van der Waals surface area contributed by atoms with E-state index in [4.69, 9.17) is 0 Å². The summed E-state index contributed by atoms with van der Waals surface area (Å²) in [5.41, 5.74) is 0. The number of hydrogen-bond donors (Lipinski definition) is 1. The van der Waals surface area contributed by atoms with Crippen molar-refractivity contribution in [1.29, 1.82) is 0 Å². The van der Waals surface area contributed by atoms with Crippen molar-refractivity contribution in [2.24, 2.45) is 0 Å². The summed E-state index contributed by atoms with van der Waals surface area (Å²) in [4.78, 5) is 8.64. The van der Waals surface area contributed by atoms with E-state index in [-0.39, 0.29) is 6.04 Å². The number of aryl methyl sites for hydroxylation is 1. The number of halogens is 1. The third-order valence-electron chi connectivity index (χ3n) is 2.29. The van der Waals surface area contributed by atoms with E-state index in [2.05, 4.69) is 38.1 Å². The van der Waals surface area contributed by atoms with Gasteiger partial charge < -0.3 is 5.32 Å². The van der Waals surface area contributed by atoms with Gasteiger partial charge in [0.2, 0.25) is 0 Å². The van der Waals surface area contributed by atoms with Gasteiger partial charge in [0, 0.05) is 41.3 Å². The minimum absolute atomic E-state index is 0.255. The molecule has 2 atom stereocenters. The molecule has 0 spiro atoms. The van der Waals surface area contributed by atoms with Crippen LogP contribution in [0.2, 0.25) is 0 Å². The predicted molar refractivity (Wildman–Crippen MR) is 75.7 cm³/mol. The third kappa shape index (κ3) is 5.59. The molecule has 0 aliphatic rings. The Morgan fingerprint density at radius 1 is 1.53 bits per heavy atom. The van der Waals surface area contributed by atoms with Gasteiger partial charge in [-0.05, 0) is 29.3 Å². The van der Waals surface area contributed by atoms with Crippen molar-refractivity contribution in [3.8, 4) is 0 Å². The van der Waals surface area contributed by atoms with Crippen molar-refractivity contribution in [2.75, 3.05) is 17.3 Å². The Hall–Kier alpha value is -0.490. The number of aromatic nitrogens is 2. The van der Waals surface area contributed by atoms with E-state index in [1.54, 1.807) is 6.26 Å². The largest absolute Gasteiger partial charge is 0.367 e. The maximum atomic E-state index is 11.0. The molecule has 4 nitrogen and oxygen atoms in total. The lowest BCUT2D eigenvalue weighted by atomic mass is 10.2. The Morgan fingerprint density at radius 2 is 2.24 bits per heavy atom. The first kappa shape index (κ1) is 14.6. The van der Waals surface area contributed by atoms with Crippen LogP contribution in [0.1, 0.15) is 26.1 Å². The molecule has 1 rings (SSSR count). The fourth-order valence-corrected chi connectivity index (χ4v) is 2.47. The second-order valence-corrected chi connectivity index (χ2v) is 6.32. The topological polar surface area (TPSA) is 54.9 Å². The molecule has 1 N–H and O–H groups in total. The number of nitrogens with one attached hydrogen (secondary N) is 1. The molecule has 0 radical (unpaired) electrons. The zero-order valence-electron chi connectivity index (χ0n) is 10.4. The highest BCUT2D eigenvalue weighted by atomic mass is 79.9. The Labute approximate surface area is 113 Å². The van der Waals surface area contributed by atoms with Crippen molar-refractivity contribution >= 4 is 32.5 Å². The Bertz CT molecular complexity index is 400. The molecule has 17 heavy (non-hydrogen) atoms. The quantitative estimate of drug-likeness (QED) is 0.818. The second-order valence-electron chi connectivity index (χ2n) is 3.96. The summed E-state index contributed by atoms with van der Waals surface area (Å²) in [5.74, 6) is 2.34. The highest BCUT2D eigenvalue weighted by molar-refractivity contribution is 9.10. The summed E-state index contributed by atoms with van der Waals surface area (Å²) in [6.45, 7) is 4.09. The molecule has 0 fully saturated rings. The zero-order valence-corrected chi connectivity index (χ0v) is 12.8. The summed E-state index contributed by atoms with van der Waals surface area (Å²) in [6, 6.07) is 2.11. The molecule has 0 aliphatic heterocycles. The maximum absolute atomic E-state index is 11.0. The molecule has 0 bridgehead atoms. The van der Waals surface area contributed by atoms with Crippen molar-refractivity contribution in [2.45, 2.75) is 32.7 Å². The first-order valence-corrected chi connectivity index (χ1v) is 8.13. The van der Waals surface area contributed by atoms with Crippen LogP contribution in [0.15, 0.2) is 10.7 Å². The van der Waals surface area contributed by atoms with Crippen molar-refractivity contribution < 1.29 is 4.21 Å². The van der Waals surface area contributed by atoms with Crippen LogP contribution in [0.25, 0.3) is 0 Å². The summed E-state index contributed by atoms with van der Waals surface area (Å²) in [7, 11) is -0.737. The first-order chi connectivity index (χ1) is 8.01. The van der Waals surface area contributed by atoms with Crippen LogP contribution in [0, 0.1) is 0 Å². The van der Waals surface area contributed by atoms with Gasteiger partial charge >= 0.3 is 0 Å². The van der Waals surface area contributed by atoms with E-state index in [0.717, 1.165) is 29.1 Å². The molecule has 1 heterocycles. The summed E-state index contributed by atoms with van der Waals surface area (Å²) in [6.07, 6.45) is 3.40. The standard InChI is InChI=1S/C11H18BrN3OS/c1-4-10-14-9(12)7-11(15-10)13-8(2)5-6-17(3)16/h7-8H,4-6H2,1-3H3,(H,13,14,15). The molecular weight excluding hydrogens is 302 g/mol. The van der Waals surface area contributed by atoms with Gasteiger partial charge in [-0.15, -0.1) is 0 Å². The lowest BCUT2D eigenvalue weighted by Gasteiger charge is -2.14. The predicted octanol–water partition coefficient (Wildman–Crippen LogP) is 2.37. The molecule has 1 aromatic rings. The molecule has 1 aromatic heterocycles. The van der Waals surface area contributed by atoms with Gasteiger partial charge in [-0.3, -0.25) is 4.21 Å².